The first-order valence-corrected chi connectivity index (χ1v) is 8.12. The minimum Gasteiger partial charge on any atom is -0.294 e. The van der Waals surface area contributed by atoms with Gasteiger partial charge in [0.05, 0.1) is 12.4 Å². The molecule has 0 fully saturated rings. The Labute approximate surface area is 150 Å². The van der Waals surface area contributed by atoms with E-state index in [4.69, 9.17) is 0 Å². The van der Waals surface area contributed by atoms with Gasteiger partial charge < -0.3 is 0 Å². The van der Waals surface area contributed by atoms with Crippen LogP contribution in [0.2, 0.25) is 0 Å². The second-order valence-electron chi connectivity index (χ2n) is 5.12. The molecule has 0 aliphatic heterocycles. The van der Waals surface area contributed by atoms with Gasteiger partial charge in [-0.15, -0.1) is 0 Å². The van der Waals surface area contributed by atoms with Gasteiger partial charge in [-0.25, -0.2) is 14.4 Å². The average molecular weight is 429 g/mol. The number of pyridine rings is 1. The summed E-state index contributed by atoms with van der Waals surface area (Å²) in [5.74, 6) is 0.290. The SMILES string of the molecule is N#Cc1cnc(-c2ccc3ncc(I)n3c2)n1-c1ccc(F)cc1. The molecule has 0 amide bonds. The van der Waals surface area contributed by atoms with Crippen LogP contribution in [0.15, 0.2) is 55.0 Å². The molecule has 4 rings (SSSR count). The van der Waals surface area contributed by atoms with Crippen molar-refractivity contribution in [1.29, 1.82) is 5.26 Å². The van der Waals surface area contributed by atoms with E-state index < -0.39 is 0 Å². The smallest absolute Gasteiger partial charge is 0.147 e. The van der Waals surface area contributed by atoms with Crippen LogP contribution in [-0.4, -0.2) is 18.9 Å². The van der Waals surface area contributed by atoms with E-state index in [1.807, 2.05) is 22.7 Å². The van der Waals surface area contributed by atoms with Crippen molar-refractivity contribution in [3.05, 3.63) is 70.2 Å². The van der Waals surface area contributed by atoms with Crippen LogP contribution in [0.4, 0.5) is 4.39 Å². The van der Waals surface area contributed by atoms with E-state index in [-0.39, 0.29) is 5.82 Å². The van der Waals surface area contributed by atoms with Crippen molar-refractivity contribution >= 4 is 28.2 Å². The molecule has 5 nitrogen and oxygen atoms in total. The molecular weight excluding hydrogens is 420 g/mol. The predicted octanol–water partition coefficient (Wildman–Crippen LogP) is 3.80. The Bertz CT molecular complexity index is 1090. The van der Waals surface area contributed by atoms with E-state index in [1.165, 1.54) is 18.3 Å². The topological polar surface area (TPSA) is 58.9 Å². The van der Waals surface area contributed by atoms with Crippen LogP contribution in [0, 0.1) is 20.8 Å². The van der Waals surface area contributed by atoms with E-state index in [2.05, 4.69) is 38.6 Å². The third-order valence-electron chi connectivity index (χ3n) is 3.68. The number of imidazole rings is 2. The second-order valence-corrected chi connectivity index (χ2v) is 6.22. The third kappa shape index (κ3) is 2.35. The Kier molecular flexibility index (Phi) is 3.54. The second kappa shape index (κ2) is 5.72. The minimum atomic E-state index is -0.326. The normalized spacial score (nSPS) is 10.9. The van der Waals surface area contributed by atoms with Crippen LogP contribution in [0.3, 0.4) is 0 Å². The van der Waals surface area contributed by atoms with Gasteiger partial charge in [0.2, 0.25) is 0 Å². The summed E-state index contributed by atoms with van der Waals surface area (Å²) >= 11 is 2.21. The van der Waals surface area contributed by atoms with Crippen molar-refractivity contribution in [3.8, 4) is 23.1 Å². The quantitative estimate of drug-likeness (QED) is 0.456. The van der Waals surface area contributed by atoms with Crippen molar-refractivity contribution in [2.75, 3.05) is 0 Å². The summed E-state index contributed by atoms with van der Waals surface area (Å²) in [6.07, 6.45) is 5.22. The lowest BCUT2D eigenvalue weighted by Gasteiger charge is -2.10. The molecule has 4 aromatic rings. The zero-order valence-corrected chi connectivity index (χ0v) is 14.3. The largest absolute Gasteiger partial charge is 0.294 e. The first kappa shape index (κ1) is 14.8. The maximum absolute atomic E-state index is 13.2. The number of hydrogen-bond acceptors (Lipinski definition) is 3. The van der Waals surface area contributed by atoms with E-state index in [0.717, 1.165) is 14.9 Å². The molecule has 1 aromatic carbocycles. The van der Waals surface area contributed by atoms with Crippen LogP contribution in [0.5, 0.6) is 0 Å². The Hall–Kier alpha value is -2.73. The molecule has 0 saturated carbocycles. The van der Waals surface area contributed by atoms with Crippen LogP contribution < -0.4 is 0 Å². The molecule has 0 aliphatic rings. The number of nitriles is 1. The first-order valence-electron chi connectivity index (χ1n) is 7.04. The Balaban J connectivity index is 1.94. The highest BCUT2D eigenvalue weighted by Crippen LogP contribution is 2.25. The zero-order valence-electron chi connectivity index (χ0n) is 12.2. The van der Waals surface area contributed by atoms with Crippen LogP contribution in [0.25, 0.3) is 22.7 Å². The Morgan fingerprint density at radius 2 is 1.83 bits per heavy atom. The molecule has 0 aliphatic carbocycles. The molecular formula is C17H9FIN5. The molecule has 0 radical (unpaired) electrons. The molecule has 0 N–H and O–H groups in total. The van der Waals surface area contributed by atoms with Gasteiger partial charge in [0.15, 0.2) is 0 Å². The van der Waals surface area contributed by atoms with Crippen molar-refractivity contribution in [2.24, 2.45) is 0 Å². The summed E-state index contributed by atoms with van der Waals surface area (Å²) in [5.41, 5.74) is 2.74. The van der Waals surface area contributed by atoms with Crippen LogP contribution in [-0.2, 0) is 0 Å². The number of halogens is 2. The fourth-order valence-electron chi connectivity index (χ4n) is 2.57. The van der Waals surface area contributed by atoms with Crippen LogP contribution in [0.1, 0.15) is 5.69 Å². The van der Waals surface area contributed by atoms with Crippen LogP contribution >= 0.6 is 22.6 Å². The molecule has 0 spiro atoms. The van der Waals surface area contributed by atoms with Gasteiger partial charge in [0.25, 0.3) is 0 Å². The predicted molar refractivity (Wildman–Crippen MR) is 95.1 cm³/mol. The van der Waals surface area contributed by atoms with Gasteiger partial charge >= 0.3 is 0 Å². The molecule has 7 heteroatoms. The number of nitrogens with zero attached hydrogens (tertiary/aromatic N) is 5. The lowest BCUT2D eigenvalue weighted by atomic mass is 10.2. The van der Waals surface area contributed by atoms with E-state index in [0.29, 0.717) is 17.2 Å². The molecule has 3 aromatic heterocycles. The fraction of sp³-hybridized carbons (Fsp3) is 0. The average Bonchev–Trinajstić information content (AvgIpc) is 3.19. The van der Waals surface area contributed by atoms with E-state index >= 15 is 0 Å². The number of hydrogen-bond donors (Lipinski definition) is 0. The van der Waals surface area contributed by atoms with E-state index in [9.17, 15) is 9.65 Å². The van der Waals surface area contributed by atoms with Gasteiger partial charge in [0, 0.05) is 17.4 Å². The maximum Gasteiger partial charge on any atom is 0.147 e. The van der Waals surface area contributed by atoms with E-state index in [1.54, 1.807) is 22.9 Å². The Morgan fingerprint density at radius 3 is 2.58 bits per heavy atom. The summed E-state index contributed by atoms with van der Waals surface area (Å²) in [6, 6.07) is 11.9. The summed E-state index contributed by atoms with van der Waals surface area (Å²) < 4.78 is 17.9. The van der Waals surface area contributed by atoms with Gasteiger partial charge in [-0.2, -0.15) is 5.26 Å². The fourth-order valence-corrected chi connectivity index (χ4v) is 3.09. The van der Waals surface area contributed by atoms with Crippen molar-refractivity contribution in [3.63, 3.8) is 0 Å². The number of benzene rings is 1. The standard InChI is InChI=1S/C17H9FIN5/c18-12-2-4-13(5-3-12)24-14(7-20)8-22-17(24)11-1-6-16-21-9-15(19)23(16)10-11/h1-6,8-10H. The highest BCUT2D eigenvalue weighted by molar-refractivity contribution is 14.1. The van der Waals surface area contributed by atoms with Gasteiger partial charge in [-0.1, -0.05) is 0 Å². The molecule has 0 unspecified atom stereocenters. The van der Waals surface area contributed by atoms with Crippen molar-refractivity contribution in [2.45, 2.75) is 0 Å². The van der Waals surface area contributed by atoms with Gasteiger partial charge in [-0.05, 0) is 59.0 Å². The lowest BCUT2D eigenvalue weighted by Crippen LogP contribution is -2.01. The minimum absolute atomic E-state index is 0.326. The van der Waals surface area contributed by atoms with Crippen molar-refractivity contribution in [1.82, 2.24) is 18.9 Å². The van der Waals surface area contributed by atoms with Gasteiger partial charge in [0.1, 0.15) is 32.8 Å². The molecule has 0 saturated heterocycles. The highest BCUT2D eigenvalue weighted by Gasteiger charge is 2.14. The molecule has 0 bridgehead atoms. The lowest BCUT2D eigenvalue weighted by molar-refractivity contribution is 0.627. The number of aromatic nitrogens is 4. The number of fused-ring (bicyclic) bond motifs is 1. The molecule has 0 atom stereocenters. The Morgan fingerprint density at radius 1 is 1.04 bits per heavy atom. The monoisotopic (exact) mass is 429 g/mol. The highest BCUT2D eigenvalue weighted by atomic mass is 127. The third-order valence-corrected chi connectivity index (χ3v) is 4.48. The summed E-state index contributed by atoms with van der Waals surface area (Å²) in [4.78, 5) is 8.69. The number of rotatable bonds is 2. The van der Waals surface area contributed by atoms with Gasteiger partial charge in [-0.3, -0.25) is 8.97 Å². The maximum atomic E-state index is 13.2. The molecule has 116 valence electrons. The summed E-state index contributed by atoms with van der Waals surface area (Å²) in [7, 11) is 0. The molecule has 24 heavy (non-hydrogen) atoms. The zero-order chi connectivity index (χ0) is 16.7. The first-order chi connectivity index (χ1) is 11.7. The molecule has 3 heterocycles. The summed E-state index contributed by atoms with van der Waals surface area (Å²) in [6.45, 7) is 0. The summed E-state index contributed by atoms with van der Waals surface area (Å²) in [5, 5.41) is 9.38. The van der Waals surface area contributed by atoms with Crippen molar-refractivity contribution < 1.29 is 4.39 Å².